The van der Waals surface area contributed by atoms with E-state index in [4.69, 9.17) is 9.47 Å². The van der Waals surface area contributed by atoms with Crippen LogP contribution >= 0.6 is 11.8 Å². The van der Waals surface area contributed by atoms with Gasteiger partial charge in [-0.3, -0.25) is 4.79 Å². The predicted octanol–water partition coefficient (Wildman–Crippen LogP) is 4.20. The van der Waals surface area contributed by atoms with Crippen LogP contribution in [0.15, 0.2) is 18.2 Å². The van der Waals surface area contributed by atoms with E-state index in [-0.39, 0.29) is 12.3 Å². The van der Waals surface area contributed by atoms with E-state index in [0.717, 1.165) is 25.3 Å². The molecule has 2 atom stereocenters. The molecule has 1 aromatic rings. The number of thioether (sulfide) groups is 1. The number of carbonyl (C=O) groups is 2. The minimum atomic E-state index is -0.907. The van der Waals surface area contributed by atoms with E-state index < -0.39 is 23.6 Å². The second kappa shape index (κ2) is 12.8. The summed E-state index contributed by atoms with van der Waals surface area (Å²) in [6.45, 7) is 10.8. The quantitative estimate of drug-likeness (QED) is 0.520. The van der Waals surface area contributed by atoms with E-state index >= 15 is 0 Å². The molecule has 2 saturated heterocycles. The number of halogens is 1. The summed E-state index contributed by atoms with van der Waals surface area (Å²) >= 11 is 1.65. The van der Waals surface area contributed by atoms with Crippen molar-refractivity contribution in [2.24, 2.45) is 11.8 Å². The first-order chi connectivity index (χ1) is 16.6. The summed E-state index contributed by atoms with van der Waals surface area (Å²) in [5.74, 6) is 2.48. The fourth-order valence-electron chi connectivity index (χ4n) is 4.47. The number of amides is 2. The molecule has 7 nitrogen and oxygen atoms in total. The van der Waals surface area contributed by atoms with Crippen LogP contribution in [-0.2, 0) is 16.0 Å². The number of nitrogens with one attached hydrogen (secondary N) is 2. The van der Waals surface area contributed by atoms with Crippen molar-refractivity contribution < 1.29 is 23.5 Å². The topological polar surface area (TPSA) is 79.9 Å². The molecule has 3 rings (SSSR count). The van der Waals surface area contributed by atoms with Crippen LogP contribution in [-0.4, -0.2) is 66.4 Å². The molecule has 9 heteroatoms. The zero-order valence-corrected chi connectivity index (χ0v) is 22.2. The van der Waals surface area contributed by atoms with Crippen LogP contribution in [0.1, 0.15) is 52.5 Å². The highest BCUT2D eigenvalue weighted by Gasteiger charge is 2.30. The average molecular weight is 510 g/mol. The largest absolute Gasteiger partial charge is 0.493 e. The highest BCUT2D eigenvalue weighted by atomic mass is 32.2. The SMILES string of the molecule is C[C@H](CCOc1ccc(CC(NC(=O)OC(C)(C)C)C(=O)N2CCSC2)c(F)c1)C1CCNCC1. The first-order valence-corrected chi connectivity index (χ1v) is 13.8. The average Bonchev–Trinajstić information content (AvgIpc) is 3.34. The van der Waals surface area contributed by atoms with Gasteiger partial charge < -0.3 is 25.0 Å². The summed E-state index contributed by atoms with van der Waals surface area (Å²) in [6.07, 6.45) is 2.66. The Morgan fingerprint density at radius 3 is 2.66 bits per heavy atom. The van der Waals surface area contributed by atoms with Crippen LogP contribution < -0.4 is 15.4 Å². The van der Waals surface area contributed by atoms with Gasteiger partial charge in [-0.2, -0.15) is 0 Å². The molecule has 35 heavy (non-hydrogen) atoms. The normalized spacial score (nSPS) is 18.7. The number of nitrogens with zero attached hydrogens (tertiary/aromatic N) is 1. The molecule has 2 aliphatic heterocycles. The Bertz CT molecular complexity index is 851. The Kier molecular flexibility index (Phi) is 10.1. The zero-order valence-electron chi connectivity index (χ0n) is 21.4. The van der Waals surface area contributed by atoms with Crippen molar-refractivity contribution in [2.45, 2.75) is 65.0 Å². The van der Waals surface area contributed by atoms with Gasteiger partial charge in [-0.15, -0.1) is 11.8 Å². The number of carbonyl (C=O) groups excluding carboxylic acids is 2. The molecule has 2 aliphatic rings. The molecule has 0 aliphatic carbocycles. The van der Waals surface area contributed by atoms with E-state index in [1.807, 2.05) is 0 Å². The predicted molar refractivity (Wildman–Crippen MR) is 137 cm³/mol. The summed E-state index contributed by atoms with van der Waals surface area (Å²) < 4.78 is 26.1. The molecule has 196 valence electrons. The van der Waals surface area contributed by atoms with Crippen molar-refractivity contribution in [3.63, 3.8) is 0 Å². The maximum absolute atomic E-state index is 15.0. The van der Waals surface area contributed by atoms with Gasteiger partial charge in [0.15, 0.2) is 0 Å². The van der Waals surface area contributed by atoms with Gasteiger partial charge in [0.2, 0.25) is 5.91 Å². The number of piperidine rings is 1. The van der Waals surface area contributed by atoms with Crippen LogP contribution in [0, 0.1) is 17.7 Å². The smallest absolute Gasteiger partial charge is 0.408 e. The molecule has 2 amide bonds. The van der Waals surface area contributed by atoms with Crippen molar-refractivity contribution in [1.29, 1.82) is 0 Å². The Hall–Kier alpha value is -2.00. The van der Waals surface area contributed by atoms with Crippen LogP contribution in [0.25, 0.3) is 0 Å². The van der Waals surface area contributed by atoms with Gasteiger partial charge in [0.1, 0.15) is 23.2 Å². The molecular formula is C26H40FN3O4S. The fraction of sp³-hybridized carbons (Fsp3) is 0.692. The number of benzene rings is 1. The molecule has 1 aromatic carbocycles. The second-order valence-electron chi connectivity index (χ2n) is 10.5. The lowest BCUT2D eigenvalue weighted by molar-refractivity contribution is -0.132. The van der Waals surface area contributed by atoms with E-state index in [2.05, 4.69) is 17.6 Å². The fourth-order valence-corrected chi connectivity index (χ4v) is 5.43. The zero-order chi connectivity index (χ0) is 25.4. The maximum atomic E-state index is 15.0. The molecule has 0 saturated carbocycles. The van der Waals surface area contributed by atoms with Crippen LogP contribution in [0.5, 0.6) is 5.75 Å². The lowest BCUT2D eigenvalue weighted by Crippen LogP contribution is -2.50. The second-order valence-corrected chi connectivity index (χ2v) is 11.6. The molecule has 0 aromatic heterocycles. The highest BCUT2D eigenvalue weighted by molar-refractivity contribution is 7.99. The number of hydrogen-bond acceptors (Lipinski definition) is 6. The lowest BCUT2D eigenvalue weighted by atomic mass is 9.84. The molecule has 2 heterocycles. The first kappa shape index (κ1) is 27.6. The number of ether oxygens (including phenoxy) is 2. The Morgan fingerprint density at radius 1 is 1.29 bits per heavy atom. The Morgan fingerprint density at radius 2 is 2.03 bits per heavy atom. The van der Waals surface area contributed by atoms with Crippen molar-refractivity contribution in [3.8, 4) is 5.75 Å². The van der Waals surface area contributed by atoms with Crippen molar-refractivity contribution >= 4 is 23.8 Å². The highest BCUT2D eigenvalue weighted by Crippen LogP contribution is 2.25. The van der Waals surface area contributed by atoms with Crippen molar-refractivity contribution in [2.75, 3.05) is 37.9 Å². The third-order valence-electron chi connectivity index (χ3n) is 6.53. The standard InChI is InChI=1S/C26H40FN3O4S/c1-18(19-7-10-28-11-8-19)9-13-33-21-6-5-20(22(27)16-21)15-23(24(31)30-12-14-35-17-30)29-25(32)34-26(2,3)4/h5-6,16,18-19,23,28H,7-15,17H2,1-4H3,(H,29,32)/t18-,23?/m1/s1. The van der Waals surface area contributed by atoms with Crippen molar-refractivity contribution in [1.82, 2.24) is 15.5 Å². The van der Waals surface area contributed by atoms with E-state index in [1.165, 1.54) is 18.9 Å². The molecular weight excluding hydrogens is 469 g/mol. The van der Waals surface area contributed by atoms with Gasteiger partial charge in [0.05, 0.1) is 12.5 Å². The van der Waals surface area contributed by atoms with Crippen LogP contribution in [0.4, 0.5) is 9.18 Å². The third-order valence-corrected chi connectivity index (χ3v) is 7.50. The minimum absolute atomic E-state index is 0.0398. The van der Waals surface area contributed by atoms with Gasteiger partial charge in [-0.05, 0) is 76.6 Å². The lowest BCUT2D eigenvalue weighted by Gasteiger charge is -2.28. The molecule has 0 radical (unpaired) electrons. The third kappa shape index (κ3) is 8.86. The van der Waals surface area contributed by atoms with Gasteiger partial charge in [-0.1, -0.05) is 13.0 Å². The molecule has 1 unspecified atom stereocenters. The maximum Gasteiger partial charge on any atom is 0.408 e. The molecule has 2 N–H and O–H groups in total. The van der Waals surface area contributed by atoms with Crippen LogP contribution in [0.2, 0.25) is 0 Å². The number of rotatable bonds is 9. The summed E-state index contributed by atoms with van der Waals surface area (Å²) in [4.78, 5) is 27.1. The first-order valence-electron chi connectivity index (χ1n) is 12.6. The van der Waals surface area contributed by atoms with Crippen molar-refractivity contribution in [3.05, 3.63) is 29.6 Å². The number of hydrogen-bond donors (Lipinski definition) is 2. The molecule has 2 fully saturated rings. The molecule has 0 spiro atoms. The summed E-state index contributed by atoms with van der Waals surface area (Å²) in [5.41, 5.74) is -0.349. The van der Waals surface area contributed by atoms with Crippen LogP contribution in [0.3, 0.4) is 0 Å². The van der Waals surface area contributed by atoms with E-state index in [9.17, 15) is 14.0 Å². The van der Waals surface area contributed by atoms with Gasteiger partial charge in [0.25, 0.3) is 0 Å². The van der Waals surface area contributed by atoms with Gasteiger partial charge in [-0.25, -0.2) is 9.18 Å². The monoisotopic (exact) mass is 509 g/mol. The van der Waals surface area contributed by atoms with Gasteiger partial charge >= 0.3 is 6.09 Å². The molecule has 0 bridgehead atoms. The van der Waals surface area contributed by atoms with E-state index in [0.29, 0.717) is 42.2 Å². The number of alkyl carbamates (subject to hydrolysis) is 1. The summed E-state index contributed by atoms with van der Waals surface area (Å²) in [6, 6.07) is 3.83. The summed E-state index contributed by atoms with van der Waals surface area (Å²) in [5, 5.41) is 6.05. The Balaban J connectivity index is 1.59. The minimum Gasteiger partial charge on any atom is -0.493 e. The van der Waals surface area contributed by atoms with Gasteiger partial charge in [0, 0.05) is 24.8 Å². The van der Waals surface area contributed by atoms with E-state index in [1.54, 1.807) is 49.6 Å². The Labute approximate surface area is 212 Å². The summed E-state index contributed by atoms with van der Waals surface area (Å²) in [7, 11) is 0.